The first-order valence-electron chi connectivity index (χ1n) is 11.5. The van der Waals surface area contributed by atoms with Crippen LogP contribution in [0.15, 0.2) is 28.7 Å². The largest absolute Gasteiger partial charge is 0.396 e. The smallest absolute Gasteiger partial charge is 0.223 e. The number of aryl methyl sites for hydroxylation is 1. The van der Waals surface area contributed by atoms with Crippen LogP contribution in [0.25, 0.3) is 11.1 Å². The lowest BCUT2D eigenvalue weighted by molar-refractivity contribution is -0.132. The first kappa shape index (κ1) is 23.4. The molecule has 0 fully saturated rings. The maximum atomic E-state index is 13.0. The van der Waals surface area contributed by atoms with E-state index in [-0.39, 0.29) is 31.1 Å². The maximum Gasteiger partial charge on any atom is 0.223 e. The van der Waals surface area contributed by atoms with E-state index >= 15 is 0 Å². The topological polar surface area (TPSA) is 81.0 Å². The first-order chi connectivity index (χ1) is 15.4. The minimum atomic E-state index is -0.251. The Morgan fingerprint density at radius 3 is 2.06 bits per heavy atom. The summed E-state index contributed by atoms with van der Waals surface area (Å²) >= 11 is 3.71. The zero-order valence-electron chi connectivity index (χ0n) is 18.7. The van der Waals surface area contributed by atoms with Gasteiger partial charge in [0.2, 0.25) is 5.91 Å². The van der Waals surface area contributed by atoms with E-state index in [1.165, 1.54) is 22.3 Å². The van der Waals surface area contributed by atoms with Gasteiger partial charge in [-0.2, -0.15) is 0 Å². The van der Waals surface area contributed by atoms with Crippen LogP contribution in [0.1, 0.15) is 66.3 Å². The van der Waals surface area contributed by atoms with E-state index in [0.717, 1.165) is 34.0 Å². The van der Waals surface area contributed by atoms with Gasteiger partial charge in [-0.3, -0.25) is 4.79 Å². The lowest BCUT2D eigenvalue weighted by Gasteiger charge is -2.34. The summed E-state index contributed by atoms with van der Waals surface area (Å²) in [4.78, 5) is 14.9. The Bertz CT molecular complexity index is 948. The Labute approximate surface area is 198 Å². The average Bonchev–Trinajstić information content (AvgIpc) is 2.92. The third-order valence-electron chi connectivity index (χ3n) is 6.98. The highest BCUT2D eigenvalue weighted by atomic mass is 79.9. The number of aliphatic hydroxyl groups excluding tert-OH is 3. The van der Waals surface area contributed by atoms with Gasteiger partial charge in [-0.1, -0.05) is 33.6 Å². The number of nitrogens with zero attached hydrogens (tertiary/aromatic N) is 1. The molecule has 0 saturated heterocycles. The molecule has 2 aromatic carbocycles. The highest BCUT2D eigenvalue weighted by Gasteiger charge is 2.45. The number of carbonyl (C=O) groups is 1. The van der Waals surface area contributed by atoms with Gasteiger partial charge >= 0.3 is 0 Å². The van der Waals surface area contributed by atoms with Gasteiger partial charge in [0, 0.05) is 49.2 Å². The summed E-state index contributed by atoms with van der Waals surface area (Å²) < 4.78 is 0.986. The number of aliphatic hydroxyl groups is 3. The number of hydrogen-bond acceptors (Lipinski definition) is 4. The predicted octanol–water partition coefficient (Wildman–Crippen LogP) is 4.18. The van der Waals surface area contributed by atoms with Crippen LogP contribution >= 0.6 is 15.9 Å². The van der Waals surface area contributed by atoms with Gasteiger partial charge in [0.05, 0.1) is 0 Å². The van der Waals surface area contributed by atoms with E-state index in [1.807, 2.05) is 4.90 Å². The molecule has 1 aliphatic carbocycles. The van der Waals surface area contributed by atoms with E-state index in [4.69, 9.17) is 0 Å². The van der Waals surface area contributed by atoms with Crippen molar-refractivity contribution in [2.24, 2.45) is 0 Å². The van der Waals surface area contributed by atoms with Crippen LogP contribution in [-0.2, 0) is 23.3 Å². The molecule has 0 bridgehead atoms. The second-order valence-electron chi connectivity index (χ2n) is 9.15. The number of halogens is 1. The van der Waals surface area contributed by atoms with Crippen molar-refractivity contribution in [3.8, 4) is 11.1 Å². The highest BCUT2D eigenvalue weighted by Crippen LogP contribution is 2.57. The zero-order chi connectivity index (χ0) is 22.9. The number of hydrogen-bond donors (Lipinski definition) is 3. The number of benzene rings is 2. The highest BCUT2D eigenvalue weighted by molar-refractivity contribution is 9.10. The first-order valence-corrected chi connectivity index (χ1v) is 12.3. The molecule has 2 aromatic rings. The summed E-state index contributed by atoms with van der Waals surface area (Å²) in [5.41, 5.74) is 8.18. The molecule has 1 amide bonds. The molecule has 0 aromatic heterocycles. The van der Waals surface area contributed by atoms with Gasteiger partial charge < -0.3 is 20.2 Å². The van der Waals surface area contributed by atoms with Crippen LogP contribution in [0.5, 0.6) is 0 Å². The van der Waals surface area contributed by atoms with Crippen molar-refractivity contribution in [1.82, 2.24) is 4.90 Å². The lowest BCUT2D eigenvalue weighted by atomic mass is 9.71. The minimum absolute atomic E-state index is 0.0178. The molecule has 2 aliphatic rings. The molecule has 3 N–H and O–H groups in total. The van der Waals surface area contributed by atoms with Crippen molar-refractivity contribution in [2.75, 3.05) is 19.8 Å². The van der Waals surface area contributed by atoms with E-state index in [9.17, 15) is 20.1 Å². The number of carbonyl (C=O) groups excluding carboxylic acids is 1. The molecular weight excluding hydrogens is 470 g/mol. The normalized spacial score (nSPS) is 15.6. The molecule has 0 radical (unpaired) electrons. The van der Waals surface area contributed by atoms with Gasteiger partial charge in [0.25, 0.3) is 0 Å². The van der Waals surface area contributed by atoms with Crippen LogP contribution < -0.4 is 0 Å². The van der Waals surface area contributed by atoms with Crippen molar-refractivity contribution in [2.45, 2.75) is 64.0 Å². The Kier molecular flexibility index (Phi) is 7.06. The van der Waals surface area contributed by atoms with Crippen molar-refractivity contribution in [1.29, 1.82) is 0 Å². The molecule has 32 heavy (non-hydrogen) atoms. The standard InChI is InChI=1S/C26H32BrNO4/c1-17-11-18-15-28(23(32)5-2-8-29)16-19-13-20(27)14-22-25(19)24(18)21(12-17)26(22,6-3-9-30)7-4-10-31/h11-14,29-31H,2-10,15-16H2,1H3. The van der Waals surface area contributed by atoms with Crippen molar-refractivity contribution >= 4 is 21.8 Å². The van der Waals surface area contributed by atoms with Crippen LogP contribution in [0, 0.1) is 6.92 Å². The van der Waals surface area contributed by atoms with Gasteiger partial charge in [0.1, 0.15) is 0 Å². The summed E-state index contributed by atoms with van der Waals surface area (Å²) in [6.45, 7) is 3.48. The Balaban J connectivity index is 1.93. The number of amides is 1. The van der Waals surface area contributed by atoms with Gasteiger partial charge in [0.15, 0.2) is 0 Å². The quantitative estimate of drug-likeness (QED) is 0.481. The van der Waals surface area contributed by atoms with Crippen LogP contribution in [0.2, 0.25) is 0 Å². The molecule has 4 rings (SSSR count). The number of rotatable bonds is 9. The maximum absolute atomic E-state index is 13.0. The molecule has 0 unspecified atom stereocenters. The molecule has 6 heteroatoms. The Hall–Kier alpha value is -1.73. The van der Waals surface area contributed by atoms with E-state index in [0.29, 0.717) is 38.8 Å². The molecule has 5 nitrogen and oxygen atoms in total. The average molecular weight is 502 g/mol. The molecule has 1 heterocycles. The van der Waals surface area contributed by atoms with Gasteiger partial charge in [-0.05, 0) is 84.5 Å². The molecule has 172 valence electrons. The SMILES string of the molecule is Cc1cc2c3c(c1)C(CCCO)(CCCO)c1cc(Br)cc(c1-3)CN(C(=O)CCCO)C2. The Morgan fingerprint density at radius 2 is 1.47 bits per heavy atom. The summed E-state index contributed by atoms with van der Waals surface area (Å²) in [6, 6.07) is 8.79. The molecule has 0 saturated carbocycles. The summed E-state index contributed by atoms with van der Waals surface area (Å²) in [5.74, 6) is 0.0647. The fourth-order valence-corrected chi connectivity index (χ4v) is 6.23. The lowest BCUT2D eigenvalue weighted by Crippen LogP contribution is -2.31. The van der Waals surface area contributed by atoms with E-state index in [2.05, 4.69) is 47.1 Å². The third kappa shape index (κ3) is 4.03. The molecular formula is C26H32BrNO4. The van der Waals surface area contributed by atoms with Crippen molar-refractivity contribution in [3.05, 3.63) is 56.6 Å². The minimum Gasteiger partial charge on any atom is -0.396 e. The predicted molar refractivity (Wildman–Crippen MR) is 128 cm³/mol. The molecule has 1 aliphatic heterocycles. The van der Waals surface area contributed by atoms with Crippen LogP contribution in [-0.4, -0.2) is 45.9 Å². The molecule has 0 atom stereocenters. The fraction of sp³-hybridized carbons (Fsp3) is 0.500. The second kappa shape index (κ2) is 9.64. The summed E-state index contributed by atoms with van der Waals surface area (Å²) in [7, 11) is 0. The van der Waals surface area contributed by atoms with Crippen LogP contribution in [0.3, 0.4) is 0 Å². The van der Waals surface area contributed by atoms with E-state index in [1.54, 1.807) is 0 Å². The zero-order valence-corrected chi connectivity index (χ0v) is 20.2. The van der Waals surface area contributed by atoms with Gasteiger partial charge in [-0.15, -0.1) is 0 Å². The third-order valence-corrected chi connectivity index (χ3v) is 7.44. The summed E-state index contributed by atoms with van der Waals surface area (Å²) in [6.07, 6.45) is 3.85. The van der Waals surface area contributed by atoms with Crippen molar-refractivity contribution < 1.29 is 20.1 Å². The second-order valence-corrected chi connectivity index (χ2v) is 10.1. The van der Waals surface area contributed by atoms with Crippen LogP contribution in [0.4, 0.5) is 0 Å². The van der Waals surface area contributed by atoms with E-state index < -0.39 is 0 Å². The Morgan fingerprint density at radius 1 is 0.906 bits per heavy atom. The summed E-state index contributed by atoms with van der Waals surface area (Å²) in [5, 5.41) is 28.6. The van der Waals surface area contributed by atoms with Gasteiger partial charge in [-0.25, -0.2) is 0 Å². The molecule has 0 spiro atoms. The fourth-order valence-electron chi connectivity index (χ4n) is 5.72. The monoisotopic (exact) mass is 501 g/mol. The van der Waals surface area contributed by atoms with Crippen molar-refractivity contribution in [3.63, 3.8) is 0 Å².